The number of nitrogens with zero attached hydrogens (tertiary/aromatic N) is 1. The molecule has 0 aromatic carbocycles. The molecule has 0 aliphatic heterocycles. The molecule has 2 nitrogen and oxygen atoms in total. The molecule has 0 aliphatic rings. The average molecular weight is 173 g/mol. The summed E-state index contributed by atoms with van der Waals surface area (Å²) >= 11 is 0. The highest BCUT2D eigenvalue weighted by Crippen LogP contribution is 2.06. The van der Waals surface area contributed by atoms with Gasteiger partial charge < -0.3 is 5.11 Å². The first kappa shape index (κ1) is 11.9. The molecule has 0 spiro atoms. The van der Waals surface area contributed by atoms with E-state index in [0.717, 1.165) is 6.54 Å². The van der Waals surface area contributed by atoms with E-state index in [9.17, 15) is 5.11 Å². The van der Waals surface area contributed by atoms with Crippen LogP contribution in [0.15, 0.2) is 0 Å². The van der Waals surface area contributed by atoms with Crippen LogP contribution in [0.5, 0.6) is 0 Å². The molecular formula is C10H23NO. The van der Waals surface area contributed by atoms with E-state index in [-0.39, 0.29) is 6.23 Å². The van der Waals surface area contributed by atoms with Gasteiger partial charge in [-0.15, -0.1) is 0 Å². The molecule has 0 aliphatic carbocycles. The van der Waals surface area contributed by atoms with Gasteiger partial charge >= 0.3 is 0 Å². The van der Waals surface area contributed by atoms with Crippen LogP contribution in [0.4, 0.5) is 0 Å². The number of rotatable bonds is 6. The van der Waals surface area contributed by atoms with Gasteiger partial charge in [0.25, 0.3) is 0 Å². The van der Waals surface area contributed by atoms with Crippen LogP contribution < -0.4 is 0 Å². The van der Waals surface area contributed by atoms with Crippen LogP contribution in [0.1, 0.15) is 47.0 Å². The summed E-state index contributed by atoms with van der Waals surface area (Å²) in [7, 11) is 0. The maximum Gasteiger partial charge on any atom is 0.104 e. The first-order chi connectivity index (χ1) is 5.59. The number of hydrogen-bond donors (Lipinski definition) is 1. The van der Waals surface area contributed by atoms with Crippen molar-refractivity contribution in [2.45, 2.75) is 59.2 Å². The van der Waals surface area contributed by atoms with E-state index in [4.69, 9.17) is 0 Å². The van der Waals surface area contributed by atoms with Crippen LogP contribution in [-0.2, 0) is 0 Å². The molecule has 0 rings (SSSR count). The lowest BCUT2D eigenvalue weighted by atomic mass is 10.2. The Morgan fingerprint density at radius 3 is 2.08 bits per heavy atom. The van der Waals surface area contributed by atoms with E-state index in [2.05, 4.69) is 25.7 Å². The van der Waals surface area contributed by atoms with Crippen molar-refractivity contribution in [1.82, 2.24) is 4.90 Å². The number of unbranched alkanes of at least 4 members (excludes halogenated alkanes) is 2. The molecule has 0 bridgehead atoms. The van der Waals surface area contributed by atoms with Crippen molar-refractivity contribution >= 4 is 0 Å². The number of hydrogen-bond acceptors (Lipinski definition) is 2. The minimum Gasteiger partial charge on any atom is -0.379 e. The average Bonchev–Trinajstić information content (AvgIpc) is 1.96. The monoisotopic (exact) mass is 173 g/mol. The van der Waals surface area contributed by atoms with Gasteiger partial charge in [-0.2, -0.15) is 0 Å². The summed E-state index contributed by atoms with van der Waals surface area (Å²) in [5.41, 5.74) is 0. The topological polar surface area (TPSA) is 23.5 Å². The zero-order valence-electron chi connectivity index (χ0n) is 8.88. The summed E-state index contributed by atoms with van der Waals surface area (Å²) in [6.45, 7) is 9.30. The predicted octanol–water partition coefficient (Wildman–Crippen LogP) is 2.23. The Kier molecular flexibility index (Phi) is 6.39. The van der Waals surface area contributed by atoms with E-state index < -0.39 is 0 Å². The van der Waals surface area contributed by atoms with E-state index in [1.54, 1.807) is 0 Å². The molecule has 1 N–H and O–H groups in total. The Labute approximate surface area is 76.6 Å². The van der Waals surface area contributed by atoms with Crippen LogP contribution in [0.25, 0.3) is 0 Å². The van der Waals surface area contributed by atoms with Crippen LogP contribution >= 0.6 is 0 Å². The Morgan fingerprint density at radius 1 is 1.17 bits per heavy atom. The quantitative estimate of drug-likeness (QED) is 0.492. The largest absolute Gasteiger partial charge is 0.379 e. The molecule has 2 heteroatoms. The molecule has 0 aromatic heterocycles. The van der Waals surface area contributed by atoms with E-state index in [1.165, 1.54) is 19.3 Å². The third-order valence-electron chi connectivity index (χ3n) is 2.16. The Bertz CT molecular complexity index is 94.0. The normalized spacial score (nSPS) is 14.2. The van der Waals surface area contributed by atoms with Gasteiger partial charge in [0, 0.05) is 12.6 Å². The lowest BCUT2D eigenvalue weighted by Crippen LogP contribution is -2.39. The molecule has 0 radical (unpaired) electrons. The van der Waals surface area contributed by atoms with Crippen molar-refractivity contribution in [2.24, 2.45) is 0 Å². The summed E-state index contributed by atoms with van der Waals surface area (Å²) in [5, 5.41) is 9.41. The second-order valence-corrected chi connectivity index (χ2v) is 3.67. The molecule has 0 saturated carbocycles. The van der Waals surface area contributed by atoms with Crippen molar-refractivity contribution in [2.75, 3.05) is 6.54 Å². The summed E-state index contributed by atoms with van der Waals surface area (Å²) in [5.74, 6) is 0. The summed E-state index contributed by atoms with van der Waals surface area (Å²) in [6.07, 6.45) is 3.39. The zero-order valence-corrected chi connectivity index (χ0v) is 8.88. The standard InChI is InChI=1S/C10H23NO/c1-5-6-7-8-11(9(2)3)10(4)12/h9-10,12H,5-8H2,1-4H3. The molecule has 12 heavy (non-hydrogen) atoms. The summed E-state index contributed by atoms with van der Waals surface area (Å²) < 4.78 is 0. The fourth-order valence-corrected chi connectivity index (χ4v) is 1.42. The van der Waals surface area contributed by atoms with Crippen molar-refractivity contribution in [3.63, 3.8) is 0 Å². The Balaban J connectivity index is 3.64. The highest BCUT2D eigenvalue weighted by molar-refractivity contribution is 4.62. The minimum atomic E-state index is -0.304. The van der Waals surface area contributed by atoms with E-state index in [1.807, 2.05) is 6.92 Å². The molecule has 0 heterocycles. The van der Waals surface area contributed by atoms with Gasteiger partial charge in [0.05, 0.1) is 0 Å². The number of aliphatic hydroxyl groups is 1. The van der Waals surface area contributed by atoms with Crippen molar-refractivity contribution < 1.29 is 5.11 Å². The lowest BCUT2D eigenvalue weighted by Gasteiger charge is -2.29. The minimum absolute atomic E-state index is 0.304. The smallest absolute Gasteiger partial charge is 0.104 e. The third-order valence-corrected chi connectivity index (χ3v) is 2.16. The zero-order chi connectivity index (χ0) is 9.56. The fourth-order valence-electron chi connectivity index (χ4n) is 1.42. The molecule has 0 aromatic rings. The van der Waals surface area contributed by atoms with Gasteiger partial charge in [-0.05, 0) is 27.2 Å². The predicted molar refractivity (Wildman–Crippen MR) is 53.0 cm³/mol. The second kappa shape index (κ2) is 6.44. The highest BCUT2D eigenvalue weighted by atomic mass is 16.3. The first-order valence-corrected chi connectivity index (χ1v) is 5.03. The van der Waals surface area contributed by atoms with Crippen molar-refractivity contribution in [3.8, 4) is 0 Å². The molecule has 74 valence electrons. The summed E-state index contributed by atoms with van der Waals surface area (Å²) in [4.78, 5) is 2.12. The maximum atomic E-state index is 9.41. The summed E-state index contributed by atoms with van der Waals surface area (Å²) in [6, 6.07) is 0.446. The second-order valence-electron chi connectivity index (χ2n) is 3.67. The Hall–Kier alpha value is -0.0800. The number of aliphatic hydroxyl groups excluding tert-OH is 1. The van der Waals surface area contributed by atoms with Crippen LogP contribution in [-0.4, -0.2) is 28.8 Å². The SMILES string of the molecule is CCCCCN(C(C)C)C(C)O. The first-order valence-electron chi connectivity index (χ1n) is 5.03. The molecule has 0 saturated heterocycles. The van der Waals surface area contributed by atoms with Gasteiger partial charge in [0.1, 0.15) is 6.23 Å². The maximum absolute atomic E-state index is 9.41. The molecule has 0 amide bonds. The molecule has 1 atom stereocenters. The van der Waals surface area contributed by atoms with Crippen LogP contribution in [0, 0.1) is 0 Å². The van der Waals surface area contributed by atoms with Gasteiger partial charge in [0.15, 0.2) is 0 Å². The van der Waals surface area contributed by atoms with Crippen LogP contribution in [0.3, 0.4) is 0 Å². The molecular weight excluding hydrogens is 150 g/mol. The van der Waals surface area contributed by atoms with E-state index >= 15 is 0 Å². The van der Waals surface area contributed by atoms with Gasteiger partial charge in [-0.25, -0.2) is 0 Å². The lowest BCUT2D eigenvalue weighted by molar-refractivity contribution is -0.00331. The molecule has 0 fully saturated rings. The van der Waals surface area contributed by atoms with E-state index in [0.29, 0.717) is 6.04 Å². The van der Waals surface area contributed by atoms with Gasteiger partial charge in [-0.3, -0.25) is 4.90 Å². The van der Waals surface area contributed by atoms with Crippen molar-refractivity contribution in [3.05, 3.63) is 0 Å². The third kappa shape index (κ3) is 4.73. The highest BCUT2D eigenvalue weighted by Gasteiger charge is 2.12. The van der Waals surface area contributed by atoms with Gasteiger partial charge in [0.2, 0.25) is 0 Å². The Morgan fingerprint density at radius 2 is 1.75 bits per heavy atom. The molecule has 1 unspecified atom stereocenters. The van der Waals surface area contributed by atoms with Crippen LogP contribution in [0.2, 0.25) is 0 Å². The fraction of sp³-hybridized carbons (Fsp3) is 1.00. The van der Waals surface area contributed by atoms with Gasteiger partial charge in [-0.1, -0.05) is 19.8 Å². The van der Waals surface area contributed by atoms with Crippen molar-refractivity contribution in [1.29, 1.82) is 0 Å².